The molecule has 2 aromatic rings. The van der Waals surface area contributed by atoms with Crippen LogP contribution in [0.25, 0.3) is 0 Å². The van der Waals surface area contributed by atoms with Gasteiger partial charge in [0, 0.05) is 18.9 Å². The molecule has 0 radical (unpaired) electrons. The maximum absolute atomic E-state index is 13.3. The number of pyridine rings is 1. The molecule has 8 heteroatoms. The molecule has 21 heavy (non-hydrogen) atoms. The van der Waals surface area contributed by atoms with E-state index in [9.17, 15) is 17.6 Å². The molecule has 0 aliphatic carbocycles. The first-order valence-corrected chi connectivity index (χ1v) is 7.30. The molecule has 1 heterocycles. The normalized spacial score (nSPS) is 11.3. The number of aromatic carboxylic acids is 1. The Kier molecular flexibility index (Phi) is 4.29. The van der Waals surface area contributed by atoms with Crippen molar-refractivity contribution in [3.05, 3.63) is 59.7 Å². The Morgan fingerprint density at radius 1 is 1.33 bits per heavy atom. The number of nitrogens with zero attached hydrogens (tertiary/aromatic N) is 1. The molecule has 1 aromatic heterocycles. The summed E-state index contributed by atoms with van der Waals surface area (Å²) in [6, 6.07) is 5.94. The predicted molar refractivity (Wildman–Crippen MR) is 71.6 cm³/mol. The summed E-state index contributed by atoms with van der Waals surface area (Å²) in [5.74, 6) is -2.52. The van der Waals surface area contributed by atoms with E-state index in [0.29, 0.717) is 5.56 Å². The summed E-state index contributed by atoms with van der Waals surface area (Å²) < 4.78 is 39.6. The quantitative estimate of drug-likeness (QED) is 0.870. The zero-order valence-electron chi connectivity index (χ0n) is 10.7. The van der Waals surface area contributed by atoms with Crippen LogP contribution in [0.2, 0.25) is 0 Å². The second-order valence-electron chi connectivity index (χ2n) is 4.13. The average molecular weight is 310 g/mol. The Morgan fingerprint density at radius 2 is 2.10 bits per heavy atom. The molecule has 6 nitrogen and oxygen atoms in total. The van der Waals surface area contributed by atoms with Gasteiger partial charge in [-0.2, -0.15) is 0 Å². The van der Waals surface area contributed by atoms with Gasteiger partial charge >= 0.3 is 5.97 Å². The van der Waals surface area contributed by atoms with Crippen molar-refractivity contribution < 1.29 is 22.7 Å². The lowest BCUT2D eigenvalue weighted by Gasteiger charge is -2.07. The van der Waals surface area contributed by atoms with Crippen molar-refractivity contribution in [3.63, 3.8) is 0 Å². The zero-order chi connectivity index (χ0) is 15.5. The van der Waals surface area contributed by atoms with Gasteiger partial charge < -0.3 is 5.11 Å². The van der Waals surface area contributed by atoms with Crippen LogP contribution in [0.1, 0.15) is 15.9 Å². The number of carboxylic acid groups (broad SMARTS) is 1. The van der Waals surface area contributed by atoms with Gasteiger partial charge in [-0.05, 0) is 29.8 Å². The number of hydrogen-bond acceptors (Lipinski definition) is 4. The molecule has 1 aromatic carbocycles. The van der Waals surface area contributed by atoms with E-state index in [1.165, 1.54) is 6.20 Å². The zero-order valence-corrected chi connectivity index (χ0v) is 11.5. The van der Waals surface area contributed by atoms with Crippen LogP contribution in [-0.2, 0) is 16.6 Å². The van der Waals surface area contributed by atoms with Crippen LogP contribution in [0, 0.1) is 5.82 Å². The SMILES string of the molecule is O=C(O)c1cc(S(=O)(=O)NCc2cccnc2)ccc1F. The minimum atomic E-state index is -3.94. The summed E-state index contributed by atoms with van der Waals surface area (Å²) in [5, 5.41) is 8.80. The standard InChI is InChI=1S/C13H11FN2O4S/c14-12-4-3-10(6-11(12)13(17)18)21(19,20)16-8-9-2-1-5-15-7-9/h1-7,16H,8H2,(H,17,18). The Hall–Kier alpha value is -2.32. The molecule has 2 N–H and O–H groups in total. The summed E-state index contributed by atoms with van der Waals surface area (Å²) in [7, 11) is -3.94. The van der Waals surface area contributed by atoms with E-state index in [-0.39, 0.29) is 11.4 Å². The monoisotopic (exact) mass is 310 g/mol. The molecule has 2 rings (SSSR count). The third kappa shape index (κ3) is 3.61. The lowest BCUT2D eigenvalue weighted by atomic mass is 10.2. The number of carbonyl (C=O) groups is 1. The van der Waals surface area contributed by atoms with Crippen molar-refractivity contribution in [3.8, 4) is 0 Å². The summed E-state index contributed by atoms with van der Waals surface area (Å²) in [6.07, 6.45) is 3.05. The van der Waals surface area contributed by atoms with Crippen molar-refractivity contribution in [1.82, 2.24) is 9.71 Å². The summed E-state index contributed by atoms with van der Waals surface area (Å²) in [4.78, 5) is 14.3. The van der Waals surface area contributed by atoms with Crippen molar-refractivity contribution in [2.45, 2.75) is 11.4 Å². The van der Waals surface area contributed by atoms with E-state index < -0.39 is 27.4 Å². The third-order valence-electron chi connectivity index (χ3n) is 2.67. The van der Waals surface area contributed by atoms with Crippen molar-refractivity contribution >= 4 is 16.0 Å². The van der Waals surface area contributed by atoms with Gasteiger partial charge in [0.15, 0.2) is 0 Å². The fourth-order valence-electron chi connectivity index (χ4n) is 1.60. The highest BCUT2D eigenvalue weighted by molar-refractivity contribution is 7.89. The van der Waals surface area contributed by atoms with Gasteiger partial charge in [0.05, 0.1) is 10.5 Å². The molecule has 0 aliphatic rings. The van der Waals surface area contributed by atoms with E-state index in [4.69, 9.17) is 5.11 Å². The first-order valence-electron chi connectivity index (χ1n) is 5.81. The summed E-state index contributed by atoms with van der Waals surface area (Å²) in [6.45, 7) is -0.00401. The number of nitrogens with one attached hydrogen (secondary N) is 1. The molecule has 0 spiro atoms. The van der Waals surface area contributed by atoms with E-state index in [1.807, 2.05) is 0 Å². The molecular weight excluding hydrogens is 299 g/mol. The number of aromatic nitrogens is 1. The molecule has 0 aliphatic heterocycles. The molecule has 0 fully saturated rings. The van der Waals surface area contributed by atoms with Crippen molar-refractivity contribution in [2.24, 2.45) is 0 Å². The number of hydrogen-bond donors (Lipinski definition) is 2. The second-order valence-corrected chi connectivity index (χ2v) is 5.90. The van der Waals surface area contributed by atoms with Crippen molar-refractivity contribution in [1.29, 1.82) is 0 Å². The van der Waals surface area contributed by atoms with Crippen LogP contribution >= 0.6 is 0 Å². The number of sulfonamides is 1. The Bertz CT molecular complexity index is 763. The van der Waals surface area contributed by atoms with E-state index in [1.54, 1.807) is 18.3 Å². The predicted octanol–water partition coefficient (Wildman–Crippen LogP) is 1.40. The maximum Gasteiger partial charge on any atom is 0.338 e. The van der Waals surface area contributed by atoms with E-state index in [0.717, 1.165) is 18.2 Å². The molecule has 0 unspecified atom stereocenters. The van der Waals surface area contributed by atoms with Gasteiger partial charge in [-0.15, -0.1) is 0 Å². The number of benzene rings is 1. The van der Waals surface area contributed by atoms with Gasteiger partial charge in [-0.25, -0.2) is 22.3 Å². The molecule has 0 atom stereocenters. The highest BCUT2D eigenvalue weighted by atomic mass is 32.2. The molecule has 0 saturated heterocycles. The van der Waals surface area contributed by atoms with Gasteiger partial charge in [0.1, 0.15) is 5.82 Å². The molecule has 110 valence electrons. The Morgan fingerprint density at radius 3 is 2.71 bits per heavy atom. The van der Waals surface area contributed by atoms with Crippen LogP contribution in [-0.4, -0.2) is 24.5 Å². The minimum absolute atomic E-state index is 0.00401. The van der Waals surface area contributed by atoms with E-state index in [2.05, 4.69) is 9.71 Å². The highest BCUT2D eigenvalue weighted by Gasteiger charge is 2.18. The molecular formula is C13H11FN2O4S. The largest absolute Gasteiger partial charge is 0.478 e. The lowest BCUT2D eigenvalue weighted by molar-refractivity contribution is 0.0691. The molecule has 0 saturated carbocycles. The fourth-order valence-corrected chi connectivity index (χ4v) is 2.64. The number of carboxylic acids is 1. The summed E-state index contributed by atoms with van der Waals surface area (Å²) >= 11 is 0. The van der Waals surface area contributed by atoms with Gasteiger partial charge in [-0.1, -0.05) is 6.07 Å². The second kappa shape index (κ2) is 5.98. The first-order chi connectivity index (χ1) is 9.90. The van der Waals surface area contributed by atoms with Crippen LogP contribution < -0.4 is 4.72 Å². The van der Waals surface area contributed by atoms with Crippen LogP contribution in [0.15, 0.2) is 47.6 Å². The average Bonchev–Trinajstić information content (AvgIpc) is 2.46. The lowest BCUT2D eigenvalue weighted by Crippen LogP contribution is -2.23. The first kappa shape index (κ1) is 15.1. The molecule has 0 amide bonds. The van der Waals surface area contributed by atoms with Crippen molar-refractivity contribution in [2.75, 3.05) is 0 Å². The van der Waals surface area contributed by atoms with Crippen LogP contribution in [0.3, 0.4) is 0 Å². The maximum atomic E-state index is 13.3. The Labute approximate surface area is 120 Å². The smallest absolute Gasteiger partial charge is 0.338 e. The van der Waals surface area contributed by atoms with E-state index >= 15 is 0 Å². The summed E-state index contributed by atoms with van der Waals surface area (Å²) in [5.41, 5.74) is -0.0547. The van der Waals surface area contributed by atoms with Gasteiger partial charge in [0.25, 0.3) is 0 Å². The van der Waals surface area contributed by atoms with Crippen LogP contribution in [0.5, 0.6) is 0 Å². The number of rotatable bonds is 5. The van der Waals surface area contributed by atoms with Gasteiger partial charge in [-0.3, -0.25) is 4.98 Å². The third-order valence-corrected chi connectivity index (χ3v) is 4.07. The topological polar surface area (TPSA) is 96.4 Å². The highest BCUT2D eigenvalue weighted by Crippen LogP contribution is 2.15. The fraction of sp³-hybridized carbons (Fsp3) is 0.0769. The Balaban J connectivity index is 2.24. The number of halogens is 1. The molecule has 0 bridgehead atoms. The van der Waals surface area contributed by atoms with Gasteiger partial charge in [0.2, 0.25) is 10.0 Å². The minimum Gasteiger partial charge on any atom is -0.478 e. The van der Waals surface area contributed by atoms with Crippen LogP contribution in [0.4, 0.5) is 4.39 Å².